The molecule has 1 saturated heterocycles. The molecule has 0 bridgehead atoms. The molecule has 0 saturated carbocycles. The minimum atomic E-state index is -1.06. The van der Waals surface area contributed by atoms with Crippen molar-refractivity contribution in [3.8, 4) is 0 Å². The highest BCUT2D eigenvalue weighted by Crippen LogP contribution is 2.20. The summed E-state index contributed by atoms with van der Waals surface area (Å²) in [6.45, 7) is 4.20. The van der Waals surface area contributed by atoms with Crippen molar-refractivity contribution in [3.05, 3.63) is 35.4 Å². The van der Waals surface area contributed by atoms with Crippen molar-refractivity contribution in [1.82, 2.24) is 10.2 Å². The van der Waals surface area contributed by atoms with Crippen LogP contribution in [0.4, 0.5) is 0 Å². The van der Waals surface area contributed by atoms with E-state index in [1.54, 1.807) is 32.0 Å². The summed E-state index contributed by atoms with van der Waals surface area (Å²) in [4.78, 5) is 37.0. The molecule has 2 amide bonds. The van der Waals surface area contributed by atoms with Crippen LogP contribution in [0.15, 0.2) is 24.3 Å². The van der Waals surface area contributed by atoms with E-state index in [2.05, 4.69) is 5.32 Å². The van der Waals surface area contributed by atoms with Crippen molar-refractivity contribution in [2.45, 2.75) is 25.8 Å². The van der Waals surface area contributed by atoms with Crippen LogP contribution in [0.3, 0.4) is 0 Å². The van der Waals surface area contributed by atoms with Crippen LogP contribution in [0.25, 0.3) is 0 Å². The predicted octanol–water partition coefficient (Wildman–Crippen LogP) is 0.664. The quantitative estimate of drug-likeness (QED) is 0.856. The third-order valence-electron chi connectivity index (χ3n) is 3.74. The van der Waals surface area contributed by atoms with Gasteiger partial charge in [-0.15, -0.1) is 0 Å². The van der Waals surface area contributed by atoms with E-state index in [1.807, 2.05) is 0 Å². The molecule has 112 valence electrons. The van der Waals surface area contributed by atoms with Gasteiger partial charge in [-0.3, -0.25) is 9.59 Å². The van der Waals surface area contributed by atoms with Crippen LogP contribution in [0.2, 0.25) is 0 Å². The summed E-state index contributed by atoms with van der Waals surface area (Å²) in [5.74, 6) is -1.51. The van der Waals surface area contributed by atoms with Crippen molar-refractivity contribution in [2.75, 3.05) is 13.1 Å². The number of nitrogens with one attached hydrogen (secondary N) is 1. The molecule has 1 aliphatic heterocycles. The first-order valence-corrected chi connectivity index (χ1v) is 6.74. The molecule has 0 atom stereocenters. The number of amides is 2. The van der Waals surface area contributed by atoms with Gasteiger partial charge in [-0.2, -0.15) is 0 Å². The smallest absolute Gasteiger partial charge is 0.335 e. The van der Waals surface area contributed by atoms with Crippen molar-refractivity contribution in [3.63, 3.8) is 0 Å². The highest BCUT2D eigenvalue weighted by atomic mass is 16.4. The third-order valence-corrected chi connectivity index (χ3v) is 3.74. The summed E-state index contributed by atoms with van der Waals surface area (Å²) in [6.07, 6.45) is -0.0286. The molecule has 1 aromatic rings. The Labute approximate surface area is 122 Å². The number of carboxylic acid groups (broad SMARTS) is 1. The molecule has 6 heteroatoms. The molecule has 2 rings (SSSR count). The average molecular weight is 290 g/mol. The van der Waals surface area contributed by atoms with Gasteiger partial charge >= 0.3 is 5.97 Å². The van der Waals surface area contributed by atoms with Gasteiger partial charge in [0.05, 0.1) is 12.0 Å². The molecular formula is C15H18N2O4. The molecule has 0 spiro atoms. The van der Waals surface area contributed by atoms with Crippen LogP contribution in [0, 0.1) is 0 Å². The van der Waals surface area contributed by atoms with Gasteiger partial charge in [-0.1, -0.05) is 18.2 Å². The van der Waals surface area contributed by atoms with E-state index in [-0.39, 0.29) is 23.8 Å². The molecule has 0 aromatic heterocycles. The number of carbonyl (C=O) groups is 3. The minimum Gasteiger partial charge on any atom is -0.478 e. The first-order valence-electron chi connectivity index (χ1n) is 6.74. The van der Waals surface area contributed by atoms with Crippen molar-refractivity contribution in [2.24, 2.45) is 0 Å². The van der Waals surface area contributed by atoms with Crippen molar-refractivity contribution < 1.29 is 19.5 Å². The van der Waals surface area contributed by atoms with E-state index in [0.29, 0.717) is 18.7 Å². The summed E-state index contributed by atoms with van der Waals surface area (Å²) in [5.41, 5.74) is -0.352. The minimum absolute atomic E-state index is 0.0286. The number of hydrogen-bond donors (Lipinski definition) is 2. The lowest BCUT2D eigenvalue weighted by molar-refractivity contribution is -0.148. The highest BCUT2D eigenvalue weighted by Gasteiger charge is 2.40. The van der Waals surface area contributed by atoms with Crippen LogP contribution < -0.4 is 5.32 Å². The topological polar surface area (TPSA) is 86.7 Å². The Morgan fingerprint density at radius 2 is 2.00 bits per heavy atom. The largest absolute Gasteiger partial charge is 0.478 e. The lowest BCUT2D eigenvalue weighted by Crippen LogP contribution is -2.63. The molecular weight excluding hydrogens is 272 g/mol. The Bertz CT molecular complexity index is 595. The van der Waals surface area contributed by atoms with Crippen LogP contribution in [0.5, 0.6) is 0 Å². The van der Waals surface area contributed by atoms with Gasteiger partial charge in [0, 0.05) is 13.1 Å². The van der Waals surface area contributed by atoms with Gasteiger partial charge in [0.15, 0.2) is 0 Å². The van der Waals surface area contributed by atoms with E-state index in [4.69, 9.17) is 5.11 Å². The SMILES string of the molecule is CC1(C)C(=O)NCCN1C(=O)Cc1ccccc1C(=O)O. The Morgan fingerprint density at radius 3 is 2.67 bits per heavy atom. The molecule has 0 aliphatic carbocycles. The van der Waals surface area contributed by atoms with Crippen LogP contribution >= 0.6 is 0 Å². The number of nitrogens with zero attached hydrogens (tertiary/aromatic N) is 1. The molecule has 1 fully saturated rings. The number of aromatic carboxylic acids is 1. The van der Waals surface area contributed by atoms with Gasteiger partial charge in [0.2, 0.25) is 11.8 Å². The maximum Gasteiger partial charge on any atom is 0.335 e. The van der Waals surface area contributed by atoms with E-state index in [1.165, 1.54) is 11.0 Å². The molecule has 1 aliphatic rings. The standard InChI is InChI=1S/C15H18N2O4/c1-15(2)14(21)16-7-8-17(15)12(18)9-10-5-3-4-6-11(10)13(19)20/h3-6H,7-9H2,1-2H3,(H,16,21)(H,19,20). The van der Waals surface area contributed by atoms with Gasteiger partial charge < -0.3 is 15.3 Å². The summed E-state index contributed by atoms with van der Waals surface area (Å²) in [6, 6.07) is 6.41. The first-order chi connectivity index (χ1) is 9.84. The zero-order valence-corrected chi connectivity index (χ0v) is 12.0. The number of rotatable bonds is 3. The zero-order valence-electron chi connectivity index (χ0n) is 12.0. The highest BCUT2D eigenvalue weighted by molar-refractivity contribution is 5.94. The zero-order chi connectivity index (χ0) is 15.6. The lowest BCUT2D eigenvalue weighted by Gasteiger charge is -2.41. The van der Waals surface area contributed by atoms with Gasteiger partial charge in [0.25, 0.3) is 0 Å². The van der Waals surface area contributed by atoms with Crippen molar-refractivity contribution in [1.29, 1.82) is 0 Å². The molecule has 6 nitrogen and oxygen atoms in total. The average Bonchev–Trinajstić information content (AvgIpc) is 2.42. The van der Waals surface area contributed by atoms with Crippen LogP contribution in [0.1, 0.15) is 29.8 Å². The molecule has 2 N–H and O–H groups in total. The summed E-state index contributed by atoms with van der Waals surface area (Å²) in [5, 5.41) is 11.9. The third kappa shape index (κ3) is 2.89. The van der Waals surface area contributed by atoms with Gasteiger partial charge in [-0.25, -0.2) is 4.79 Å². The number of piperazine rings is 1. The maximum absolute atomic E-state index is 12.5. The second-order valence-electron chi connectivity index (χ2n) is 5.50. The van der Waals surface area contributed by atoms with E-state index in [0.717, 1.165) is 0 Å². The van der Waals surface area contributed by atoms with Crippen LogP contribution in [-0.2, 0) is 16.0 Å². The van der Waals surface area contributed by atoms with Crippen LogP contribution in [-0.4, -0.2) is 46.4 Å². The van der Waals surface area contributed by atoms with E-state index < -0.39 is 11.5 Å². The molecule has 1 aromatic carbocycles. The van der Waals surface area contributed by atoms with E-state index in [9.17, 15) is 14.4 Å². The summed E-state index contributed by atoms with van der Waals surface area (Å²) >= 11 is 0. The number of hydrogen-bond acceptors (Lipinski definition) is 3. The van der Waals surface area contributed by atoms with Crippen molar-refractivity contribution >= 4 is 17.8 Å². The second kappa shape index (κ2) is 5.55. The van der Waals surface area contributed by atoms with Gasteiger partial charge in [0.1, 0.15) is 5.54 Å². The Hall–Kier alpha value is -2.37. The monoisotopic (exact) mass is 290 g/mol. The summed E-state index contributed by atoms with van der Waals surface area (Å²) < 4.78 is 0. The normalized spacial score (nSPS) is 17.2. The van der Waals surface area contributed by atoms with E-state index >= 15 is 0 Å². The Morgan fingerprint density at radius 1 is 1.33 bits per heavy atom. The Kier molecular flexibility index (Phi) is 3.97. The molecule has 0 radical (unpaired) electrons. The maximum atomic E-state index is 12.5. The fourth-order valence-corrected chi connectivity index (χ4v) is 2.48. The fraction of sp³-hybridized carbons (Fsp3) is 0.400. The lowest BCUT2D eigenvalue weighted by atomic mass is 9.96. The number of carbonyl (C=O) groups excluding carboxylic acids is 2. The predicted molar refractivity (Wildman–Crippen MR) is 75.9 cm³/mol. The second-order valence-corrected chi connectivity index (χ2v) is 5.50. The first kappa shape index (κ1) is 15.0. The number of carboxylic acids is 1. The number of benzene rings is 1. The Balaban J connectivity index is 2.22. The fourth-order valence-electron chi connectivity index (χ4n) is 2.48. The summed E-state index contributed by atoms with van der Waals surface area (Å²) in [7, 11) is 0. The molecule has 1 heterocycles. The molecule has 0 unspecified atom stereocenters. The molecule has 21 heavy (non-hydrogen) atoms. The van der Waals surface area contributed by atoms with Gasteiger partial charge in [-0.05, 0) is 25.5 Å².